The Morgan fingerprint density at radius 3 is 1.96 bits per heavy atom. The van der Waals surface area contributed by atoms with Gasteiger partial charge in [-0.1, -0.05) is 80.6 Å². The van der Waals surface area contributed by atoms with Crippen LogP contribution >= 0.6 is 0 Å². The monoisotopic (exact) mass is 695 g/mol. The fourth-order valence-electron chi connectivity index (χ4n) is 6.52. The Hall–Kier alpha value is -3.98. The van der Waals surface area contributed by atoms with E-state index in [0.29, 0.717) is 12.8 Å². The normalized spacial score (nSPS) is 21.0. The summed E-state index contributed by atoms with van der Waals surface area (Å²) < 4.78 is 33.8. The van der Waals surface area contributed by atoms with Crippen molar-refractivity contribution in [1.82, 2.24) is 15.0 Å². The van der Waals surface area contributed by atoms with E-state index >= 15 is 0 Å². The fourth-order valence-corrected chi connectivity index (χ4v) is 7.81. The summed E-state index contributed by atoms with van der Waals surface area (Å²) in [4.78, 5) is 0. The Balaban J connectivity index is 1.41. The average Bonchev–Trinajstić information content (AvgIpc) is 3.63. The molecule has 0 amide bonds. The number of rotatable bonds is 11. The number of benzene rings is 3. The molecule has 9 nitrogen and oxygen atoms in total. The smallest absolute Gasteiger partial charge is 0.192 e. The molecule has 1 N–H and O–H groups in total. The van der Waals surface area contributed by atoms with Crippen molar-refractivity contribution in [3.8, 4) is 23.3 Å². The molecule has 3 aromatic carbocycles. The Morgan fingerprint density at radius 2 is 1.40 bits per heavy atom. The quantitative estimate of drug-likeness (QED) is 0.104. The summed E-state index contributed by atoms with van der Waals surface area (Å²) in [6.07, 6.45) is -0.237. The van der Waals surface area contributed by atoms with Crippen LogP contribution in [0.1, 0.15) is 67.9 Å². The van der Waals surface area contributed by atoms with Gasteiger partial charge in [0.25, 0.3) is 0 Å². The molecule has 4 aromatic rings. The SMILES string of the molecule is COc1ccc(C(OC[C@H]2O[C@@H](n3nnc4c3CCC#CCC4)[C@H](O[Si](C)(C)C(C)(C)C)[C@@H]2O)(c2ccccc2)c2ccc(OC)cc2)cc1. The number of aliphatic hydroxyl groups is 1. The van der Waals surface area contributed by atoms with Crippen molar-refractivity contribution >= 4 is 8.32 Å². The van der Waals surface area contributed by atoms with Crippen molar-refractivity contribution in [3.05, 3.63) is 107 Å². The zero-order chi connectivity index (χ0) is 35.5. The Labute approximate surface area is 297 Å². The van der Waals surface area contributed by atoms with Gasteiger partial charge in [-0.05, 0) is 59.1 Å². The standard InChI is InChI=1S/C40H49N3O6Si/c1-39(2,3)50(6,7)49-37-36(44)35(48-38(37)43-34-18-14-9-8-13-17-33(34)41-42-43)27-47-40(28-15-11-10-12-16-28,29-19-23-31(45-4)24-20-29)30-21-25-32(46-5)26-22-30/h10-12,15-16,19-26,35-38,44H,13-14,17-18,27H2,1-7H3/t35-,36-,37-,38-/m1/s1. The minimum absolute atomic E-state index is 0.0599. The molecular formula is C40H49N3O6Si. The van der Waals surface area contributed by atoms with E-state index < -0.39 is 38.5 Å². The van der Waals surface area contributed by atoms with Crippen molar-refractivity contribution in [2.75, 3.05) is 20.8 Å². The molecule has 1 aliphatic carbocycles. The highest BCUT2D eigenvalue weighted by Gasteiger charge is 2.52. The molecule has 1 aromatic heterocycles. The number of fused-ring (bicyclic) bond motifs is 1. The highest BCUT2D eigenvalue weighted by Crippen LogP contribution is 2.45. The first-order valence-electron chi connectivity index (χ1n) is 17.4. The predicted molar refractivity (Wildman–Crippen MR) is 195 cm³/mol. The largest absolute Gasteiger partial charge is 0.497 e. The van der Waals surface area contributed by atoms with E-state index in [1.165, 1.54) is 0 Å². The number of hydrogen-bond acceptors (Lipinski definition) is 8. The second kappa shape index (κ2) is 14.7. The van der Waals surface area contributed by atoms with Crippen LogP contribution in [0.4, 0.5) is 0 Å². The molecule has 264 valence electrons. The number of ether oxygens (including phenoxy) is 4. The molecule has 1 aliphatic heterocycles. The number of methoxy groups -OCH3 is 2. The first-order chi connectivity index (χ1) is 24.0. The van der Waals surface area contributed by atoms with Crippen molar-refractivity contribution in [1.29, 1.82) is 0 Å². The molecule has 0 spiro atoms. The van der Waals surface area contributed by atoms with E-state index in [0.717, 1.165) is 52.4 Å². The third-order valence-electron chi connectivity index (χ3n) is 10.4. The molecule has 0 unspecified atom stereocenters. The van der Waals surface area contributed by atoms with Gasteiger partial charge >= 0.3 is 0 Å². The van der Waals surface area contributed by atoms with Gasteiger partial charge < -0.3 is 28.5 Å². The molecule has 1 saturated heterocycles. The lowest BCUT2D eigenvalue weighted by atomic mass is 9.80. The van der Waals surface area contributed by atoms with Gasteiger partial charge in [-0.3, -0.25) is 0 Å². The average molecular weight is 696 g/mol. The lowest BCUT2D eigenvalue weighted by Gasteiger charge is -2.40. The molecule has 50 heavy (non-hydrogen) atoms. The van der Waals surface area contributed by atoms with Crippen LogP contribution in [0.5, 0.6) is 11.5 Å². The van der Waals surface area contributed by atoms with E-state index in [1.807, 2.05) is 71.4 Å². The summed E-state index contributed by atoms with van der Waals surface area (Å²) in [7, 11) is 0.932. The Bertz CT molecular complexity index is 1740. The molecule has 0 radical (unpaired) electrons. The van der Waals surface area contributed by atoms with Crippen LogP contribution in [-0.2, 0) is 32.3 Å². The molecular weight excluding hydrogens is 647 g/mol. The highest BCUT2D eigenvalue weighted by molar-refractivity contribution is 6.74. The van der Waals surface area contributed by atoms with E-state index in [1.54, 1.807) is 14.2 Å². The molecule has 2 aliphatic rings. The lowest BCUT2D eigenvalue weighted by molar-refractivity contribution is -0.0980. The van der Waals surface area contributed by atoms with Gasteiger partial charge in [0.15, 0.2) is 14.5 Å². The first-order valence-corrected chi connectivity index (χ1v) is 20.3. The molecule has 0 bridgehead atoms. The third-order valence-corrected chi connectivity index (χ3v) is 14.9. The lowest BCUT2D eigenvalue weighted by Crippen LogP contribution is -2.49. The van der Waals surface area contributed by atoms with Crippen molar-refractivity contribution in [2.45, 2.75) is 94.7 Å². The van der Waals surface area contributed by atoms with Crippen molar-refractivity contribution in [2.24, 2.45) is 0 Å². The van der Waals surface area contributed by atoms with Gasteiger partial charge in [0.2, 0.25) is 0 Å². The predicted octanol–water partition coefficient (Wildman–Crippen LogP) is 6.83. The minimum atomic E-state index is -2.37. The maximum Gasteiger partial charge on any atom is 0.192 e. The number of aromatic nitrogens is 3. The summed E-state index contributed by atoms with van der Waals surface area (Å²) in [5.74, 6) is 7.94. The van der Waals surface area contributed by atoms with Crippen LogP contribution in [-0.4, -0.2) is 67.6 Å². The van der Waals surface area contributed by atoms with Crippen LogP contribution in [0.15, 0.2) is 78.9 Å². The van der Waals surface area contributed by atoms with Gasteiger partial charge in [0, 0.05) is 25.7 Å². The van der Waals surface area contributed by atoms with Gasteiger partial charge in [0.1, 0.15) is 35.4 Å². The van der Waals surface area contributed by atoms with Gasteiger partial charge in [-0.25, -0.2) is 4.68 Å². The Morgan fingerprint density at radius 1 is 0.840 bits per heavy atom. The van der Waals surface area contributed by atoms with Crippen molar-refractivity contribution in [3.63, 3.8) is 0 Å². The molecule has 10 heteroatoms. The maximum absolute atomic E-state index is 12.2. The summed E-state index contributed by atoms with van der Waals surface area (Å²) in [5.41, 5.74) is 3.55. The highest BCUT2D eigenvalue weighted by atomic mass is 28.4. The molecule has 2 heterocycles. The van der Waals surface area contributed by atoms with Crippen LogP contribution in [0.25, 0.3) is 0 Å². The van der Waals surface area contributed by atoms with Crippen LogP contribution < -0.4 is 9.47 Å². The molecule has 4 atom stereocenters. The van der Waals surface area contributed by atoms with Crippen LogP contribution in [0.2, 0.25) is 18.1 Å². The van der Waals surface area contributed by atoms with Gasteiger partial charge in [0.05, 0.1) is 32.2 Å². The summed E-state index contributed by atoms with van der Waals surface area (Å²) >= 11 is 0. The zero-order valence-electron chi connectivity index (χ0n) is 30.2. The van der Waals surface area contributed by atoms with E-state index in [9.17, 15) is 5.11 Å². The summed E-state index contributed by atoms with van der Waals surface area (Å²) in [6.45, 7) is 11.0. The minimum Gasteiger partial charge on any atom is -0.497 e. The van der Waals surface area contributed by atoms with E-state index in [-0.39, 0.29) is 11.6 Å². The van der Waals surface area contributed by atoms with Crippen LogP contribution in [0.3, 0.4) is 0 Å². The van der Waals surface area contributed by atoms with E-state index in [4.69, 9.17) is 23.4 Å². The number of hydrogen-bond donors (Lipinski definition) is 1. The molecule has 0 saturated carbocycles. The third kappa shape index (κ3) is 6.98. The van der Waals surface area contributed by atoms with Crippen LogP contribution in [0, 0.1) is 11.8 Å². The summed E-state index contributed by atoms with van der Waals surface area (Å²) in [6, 6.07) is 25.9. The topological polar surface area (TPSA) is 97.1 Å². The molecule has 6 rings (SSSR count). The number of aryl methyl sites for hydroxylation is 1. The number of nitrogens with zero attached hydrogens (tertiary/aromatic N) is 3. The molecule has 1 fully saturated rings. The second-order valence-corrected chi connectivity index (χ2v) is 19.3. The van der Waals surface area contributed by atoms with Gasteiger partial charge in [-0.2, -0.15) is 0 Å². The van der Waals surface area contributed by atoms with E-state index in [2.05, 4.69) is 68.2 Å². The first kappa shape index (κ1) is 35.8. The van der Waals surface area contributed by atoms with Gasteiger partial charge in [-0.15, -0.1) is 16.9 Å². The second-order valence-electron chi connectivity index (χ2n) is 14.5. The summed E-state index contributed by atoms with van der Waals surface area (Å²) in [5, 5.41) is 21.2. The Kier molecular flexibility index (Phi) is 10.5. The maximum atomic E-state index is 12.2. The number of aliphatic hydroxyl groups excluding tert-OH is 1. The zero-order valence-corrected chi connectivity index (χ0v) is 31.2. The van der Waals surface area contributed by atoms with Crippen molar-refractivity contribution < 1.29 is 28.5 Å². The fraction of sp³-hybridized carbons (Fsp3) is 0.450.